The molecule has 2 heterocycles. The Bertz CT molecular complexity index is 1080. The summed E-state index contributed by atoms with van der Waals surface area (Å²) in [5.74, 6) is -0.286. The molecule has 1 saturated heterocycles. The third kappa shape index (κ3) is 4.26. The van der Waals surface area contributed by atoms with Crippen LogP contribution in [0.3, 0.4) is 0 Å². The van der Waals surface area contributed by atoms with Crippen molar-refractivity contribution in [3.63, 3.8) is 0 Å². The Morgan fingerprint density at radius 2 is 1.91 bits per heavy atom. The SMILES string of the molecule is Cc1cccc([C@H]2[C@@H](C(=O)NCCCN3CCCC3=O)c3ccccc3C(=O)N2C2CC2)c1. The predicted molar refractivity (Wildman–Crippen MR) is 126 cm³/mol. The first-order valence-electron chi connectivity index (χ1n) is 12.1. The highest BCUT2D eigenvalue weighted by atomic mass is 16.2. The van der Waals surface area contributed by atoms with Gasteiger partial charge in [0.25, 0.3) is 5.91 Å². The molecule has 5 rings (SSSR count). The second kappa shape index (κ2) is 9.00. The summed E-state index contributed by atoms with van der Waals surface area (Å²) in [5, 5.41) is 3.13. The molecule has 172 valence electrons. The normalized spacial score (nSPS) is 22.5. The van der Waals surface area contributed by atoms with E-state index < -0.39 is 5.92 Å². The number of amides is 3. The summed E-state index contributed by atoms with van der Waals surface area (Å²) in [6.07, 6.45) is 4.25. The third-order valence-corrected chi connectivity index (χ3v) is 7.06. The number of carbonyl (C=O) groups is 3. The number of rotatable bonds is 7. The maximum atomic E-state index is 13.7. The van der Waals surface area contributed by atoms with Gasteiger partial charge in [0.1, 0.15) is 0 Å². The van der Waals surface area contributed by atoms with Crippen molar-refractivity contribution in [3.8, 4) is 0 Å². The Kier molecular flexibility index (Phi) is 5.92. The number of nitrogens with one attached hydrogen (secondary N) is 1. The van der Waals surface area contributed by atoms with Gasteiger partial charge in [-0.2, -0.15) is 0 Å². The van der Waals surface area contributed by atoms with Crippen LogP contribution >= 0.6 is 0 Å². The highest BCUT2D eigenvalue weighted by Gasteiger charge is 2.48. The first-order chi connectivity index (χ1) is 16.0. The van der Waals surface area contributed by atoms with E-state index in [1.807, 2.05) is 59.2 Å². The van der Waals surface area contributed by atoms with E-state index in [1.54, 1.807) is 0 Å². The summed E-state index contributed by atoms with van der Waals surface area (Å²) in [7, 11) is 0. The van der Waals surface area contributed by atoms with E-state index in [2.05, 4.69) is 11.4 Å². The number of likely N-dealkylation sites (tertiary alicyclic amines) is 1. The molecule has 2 atom stereocenters. The Hall–Kier alpha value is -3.15. The first-order valence-corrected chi connectivity index (χ1v) is 12.1. The van der Waals surface area contributed by atoms with Gasteiger partial charge in [-0.25, -0.2) is 0 Å². The second-order valence-electron chi connectivity index (χ2n) is 9.50. The average Bonchev–Trinajstić information content (AvgIpc) is 3.57. The lowest BCUT2D eigenvalue weighted by atomic mass is 9.78. The fourth-order valence-corrected chi connectivity index (χ4v) is 5.33. The molecule has 0 radical (unpaired) electrons. The molecule has 0 unspecified atom stereocenters. The van der Waals surface area contributed by atoms with Crippen LogP contribution in [0.15, 0.2) is 48.5 Å². The molecule has 1 N–H and O–H groups in total. The monoisotopic (exact) mass is 445 g/mol. The minimum atomic E-state index is -0.463. The van der Waals surface area contributed by atoms with E-state index in [4.69, 9.17) is 0 Å². The van der Waals surface area contributed by atoms with Crippen molar-refractivity contribution >= 4 is 17.7 Å². The average molecular weight is 446 g/mol. The molecule has 2 aromatic carbocycles. The zero-order valence-electron chi connectivity index (χ0n) is 19.1. The predicted octanol–water partition coefficient (Wildman–Crippen LogP) is 3.57. The molecule has 6 heteroatoms. The standard InChI is InChI=1S/C27H31N3O3/c1-18-7-4-8-19(17-18)25-24(26(32)28-14-6-16-29-15-5-11-23(29)31)21-9-2-3-10-22(21)27(33)30(25)20-12-13-20/h2-4,7-10,17,20,24-25H,5-6,11-16H2,1H3,(H,28,32)/t24-,25-/m0/s1. The zero-order chi connectivity index (χ0) is 22.9. The van der Waals surface area contributed by atoms with E-state index >= 15 is 0 Å². The number of aryl methyl sites for hydroxylation is 1. The zero-order valence-corrected chi connectivity index (χ0v) is 19.1. The van der Waals surface area contributed by atoms with Crippen LogP contribution in [0.25, 0.3) is 0 Å². The van der Waals surface area contributed by atoms with Crippen LogP contribution in [0.4, 0.5) is 0 Å². The summed E-state index contributed by atoms with van der Waals surface area (Å²) < 4.78 is 0. The number of nitrogens with zero attached hydrogens (tertiary/aromatic N) is 2. The molecule has 1 saturated carbocycles. The van der Waals surface area contributed by atoms with E-state index in [1.165, 1.54) is 0 Å². The van der Waals surface area contributed by atoms with Gasteiger partial charge in [-0.15, -0.1) is 0 Å². The fraction of sp³-hybridized carbons (Fsp3) is 0.444. The summed E-state index contributed by atoms with van der Waals surface area (Å²) in [4.78, 5) is 42.9. The quantitative estimate of drug-likeness (QED) is 0.663. The molecular weight excluding hydrogens is 414 g/mol. The molecule has 33 heavy (non-hydrogen) atoms. The van der Waals surface area contributed by atoms with Gasteiger partial charge in [-0.3, -0.25) is 14.4 Å². The molecule has 6 nitrogen and oxygen atoms in total. The van der Waals surface area contributed by atoms with Gasteiger partial charge in [0.2, 0.25) is 11.8 Å². The van der Waals surface area contributed by atoms with Crippen LogP contribution in [0.1, 0.15) is 71.1 Å². The number of carbonyl (C=O) groups excluding carboxylic acids is 3. The molecule has 3 amide bonds. The van der Waals surface area contributed by atoms with Gasteiger partial charge in [0, 0.05) is 37.7 Å². The first kappa shape index (κ1) is 21.7. The van der Waals surface area contributed by atoms with Gasteiger partial charge in [0.15, 0.2) is 0 Å². The fourth-order valence-electron chi connectivity index (χ4n) is 5.33. The summed E-state index contributed by atoms with van der Waals surface area (Å²) in [5.41, 5.74) is 3.56. The summed E-state index contributed by atoms with van der Waals surface area (Å²) >= 11 is 0. The van der Waals surface area contributed by atoms with Crippen LogP contribution in [0.2, 0.25) is 0 Å². The van der Waals surface area contributed by atoms with E-state index in [0.29, 0.717) is 25.1 Å². The number of fused-ring (bicyclic) bond motifs is 1. The Labute approximate surface area is 194 Å². The highest BCUT2D eigenvalue weighted by molar-refractivity contribution is 6.01. The third-order valence-electron chi connectivity index (χ3n) is 7.06. The molecule has 2 aromatic rings. The van der Waals surface area contributed by atoms with Crippen molar-refractivity contribution < 1.29 is 14.4 Å². The number of hydrogen-bond acceptors (Lipinski definition) is 3. The largest absolute Gasteiger partial charge is 0.355 e. The Morgan fingerprint density at radius 3 is 2.64 bits per heavy atom. The van der Waals surface area contributed by atoms with Crippen LogP contribution in [0, 0.1) is 6.92 Å². The lowest BCUT2D eigenvalue weighted by Crippen LogP contribution is -2.48. The Morgan fingerprint density at radius 1 is 1.09 bits per heavy atom. The van der Waals surface area contributed by atoms with Crippen molar-refractivity contribution in [2.24, 2.45) is 0 Å². The molecule has 2 fully saturated rings. The number of hydrogen-bond donors (Lipinski definition) is 1. The van der Waals surface area contributed by atoms with E-state index in [0.717, 1.165) is 48.9 Å². The number of benzene rings is 2. The highest BCUT2D eigenvalue weighted by Crippen LogP contribution is 2.47. The smallest absolute Gasteiger partial charge is 0.254 e. The molecular formula is C27H31N3O3. The van der Waals surface area contributed by atoms with Crippen LogP contribution < -0.4 is 5.32 Å². The maximum absolute atomic E-state index is 13.7. The molecule has 0 spiro atoms. The minimum Gasteiger partial charge on any atom is -0.355 e. The Balaban J connectivity index is 1.42. The second-order valence-corrected chi connectivity index (χ2v) is 9.50. The van der Waals surface area contributed by atoms with Gasteiger partial charge >= 0.3 is 0 Å². The van der Waals surface area contributed by atoms with Crippen molar-refractivity contribution in [3.05, 3.63) is 70.8 Å². The molecule has 2 aliphatic heterocycles. The van der Waals surface area contributed by atoms with Crippen molar-refractivity contribution in [2.75, 3.05) is 19.6 Å². The van der Waals surface area contributed by atoms with Gasteiger partial charge in [-0.05, 0) is 49.8 Å². The molecule has 0 bridgehead atoms. The van der Waals surface area contributed by atoms with Gasteiger partial charge in [0.05, 0.1) is 12.0 Å². The van der Waals surface area contributed by atoms with E-state index in [9.17, 15) is 14.4 Å². The molecule has 1 aliphatic carbocycles. The van der Waals surface area contributed by atoms with Gasteiger partial charge in [-0.1, -0.05) is 48.0 Å². The topological polar surface area (TPSA) is 69.7 Å². The lowest BCUT2D eigenvalue weighted by Gasteiger charge is -2.42. The van der Waals surface area contributed by atoms with Crippen LogP contribution in [-0.4, -0.2) is 53.2 Å². The van der Waals surface area contributed by atoms with E-state index in [-0.39, 0.29) is 29.8 Å². The summed E-state index contributed by atoms with van der Waals surface area (Å²) in [6, 6.07) is 15.6. The maximum Gasteiger partial charge on any atom is 0.254 e. The van der Waals surface area contributed by atoms with Crippen molar-refractivity contribution in [1.29, 1.82) is 0 Å². The minimum absolute atomic E-state index is 0.0243. The van der Waals surface area contributed by atoms with Crippen LogP contribution in [0.5, 0.6) is 0 Å². The molecule has 0 aromatic heterocycles. The van der Waals surface area contributed by atoms with Crippen molar-refractivity contribution in [1.82, 2.24) is 15.1 Å². The van der Waals surface area contributed by atoms with Gasteiger partial charge < -0.3 is 15.1 Å². The molecule has 3 aliphatic rings. The van der Waals surface area contributed by atoms with Crippen molar-refractivity contribution in [2.45, 2.75) is 57.0 Å². The summed E-state index contributed by atoms with van der Waals surface area (Å²) in [6.45, 7) is 4.04. The van der Waals surface area contributed by atoms with Crippen LogP contribution in [-0.2, 0) is 9.59 Å². The lowest BCUT2D eigenvalue weighted by molar-refractivity contribution is -0.127.